The third-order valence-electron chi connectivity index (χ3n) is 23.5. The van der Waals surface area contributed by atoms with Crippen LogP contribution < -0.4 is 0 Å². The van der Waals surface area contributed by atoms with Gasteiger partial charge >= 0.3 is 23.1 Å². The molecule has 0 aliphatic heterocycles. The average molecular weight is 1540 g/mol. The molecule has 0 aliphatic carbocycles. The Morgan fingerprint density at radius 2 is 0.299 bits per heavy atom. The molecule has 6 nitrogen and oxygen atoms in total. The fraction of sp³-hybridized carbons (Fsp3) is 0.878. The van der Waals surface area contributed by atoms with Crippen molar-refractivity contribution < 1.29 is 25.9 Å². The van der Waals surface area contributed by atoms with Gasteiger partial charge in [0.15, 0.2) is 0 Å². The van der Waals surface area contributed by atoms with Gasteiger partial charge in [-0.25, -0.2) is 16.8 Å². The average Bonchev–Trinajstić information content (AvgIpc) is 0.865. The zero-order valence-corrected chi connectivity index (χ0v) is 75.0. The van der Waals surface area contributed by atoms with Gasteiger partial charge in [-0.05, 0) is 61.1 Å². The van der Waals surface area contributed by atoms with Gasteiger partial charge in [0, 0.05) is 0 Å². The molecule has 0 unspecified atom stereocenters. The smallest absolute Gasteiger partial charge is 0.744 e. The van der Waals surface area contributed by atoms with Crippen LogP contribution in [0.4, 0.5) is 0 Å². The van der Waals surface area contributed by atoms with E-state index >= 15 is 0 Å². The minimum atomic E-state index is -4.35. The number of rotatable bonds is 86. The number of unbranched alkanes of at least 4 members (excludes halogenated alkanes) is 80. The molecule has 0 spiro atoms. The Balaban J connectivity index is 0.00000208. The Kier molecular flexibility index (Phi) is 85.1. The predicted molar refractivity (Wildman–Crippen MR) is 472 cm³/mol. The van der Waals surface area contributed by atoms with Crippen LogP contribution in [-0.2, 0) is 33.1 Å². The van der Waals surface area contributed by atoms with E-state index in [0.29, 0.717) is 0 Å². The van der Waals surface area contributed by atoms with E-state index < -0.39 is 20.2 Å². The maximum atomic E-state index is 11.2. The van der Waals surface area contributed by atoms with E-state index in [0.717, 1.165) is 36.8 Å². The molecule has 9 heteroatoms. The van der Waals surface area contributed by atoms with E-state index in [1.807, 2.05) is 12.1 Å². The summed E-state index contributed by atoms with van der Waals surface area (Å²) in [5, 5.41) is 0. The van der Waals surface area contributed by atoms with Crippen molar-refractivity contribution in [2.45, 2.75) is 563 Å². The molecule has 0 atom stereocenters. The first-order valence-electron chi connectivity index (χ1n) is 48.2. The summed E-state index contributed by atoms with van der Waals surface area (Å²) in [6, 6.07) is 13.0. The fourth-order valence-electron chi connectivity index (χ4n) is 16.3. The van der Waals surface area contributed by atoms with E-state index in [2.05, 4.69) is 13.8 Å². The normalized spacial score (nSPS) is 11.8. The van der Waals surface area contributed by atoms with Crippen LogP contribution in [0, 0.1) is 0 Å². The Bertz CT molecular complexity index is 2110. The Morgan fingerprint density at radius 3 is 0.411 bits per heavy atom. The van der Waals surface area contributed by atoms with Gasteiger partial charge in [-0.3, -0.25) is 0 Å². The van der Waals surface area contributed by atoms with Crippen molar-refractivity contribution in [2.75, 3.05) is 0 Å². The van der Waals surface area contributed by atoms with Crippen molar-refractivity contribution in [3.05, 3.63) is 59.7 Å². The van der Waals surface area contributed by atoms with Gasteiger partial charge in [0.1, 0.15) is 20.2 Å². The second-order valence-electron chi connectivity index (χ2n) is 34.0. The van der Waals surface area contributed by atoms with Gasteiger partial charge in [0.2, 0.25) is 0 Å². The number of hydrogen-bond donors (Lipinski definition) is 0. The zero-order valence-electron chi connectivity index (χ0n) is 72.0. The van der Waals surface area contributed by atoms with Gasteiger partial charge < -0.3 is 9.11 Å². The molecule has 2 aromatic rings. The monoisotopic (exact) mass is 1540 g/mol. The van der Waals surface area contributed by atoms with Crippen molar-refractivity contribution in [3.63, 3.8) is 0 Å². The summed E-state index contributed by atoms with van der Waals surface area (Å²) < 4.78 is 67.0. The summed E-state index contributed by atoms with van der Waals surface area (Å²) in [7, 11) is -8.70. The second-order valence-corrected chi connectivity index (χ2v) is 36.7. The first kappa shape index (κ1) is 106. The largest absolute Gasteiger partial charge is 2.00 e. The Labute approximate surface area is 686 Å². The third-order valence-corrected chi connectivity index (χ3v) is 25.2. The molecule has 624 valence electrons. The van der Waals surface area contributed by atoms with Gasteiger partial charge in [-0.2, -0.15) is 0 Å². The molecule has 0 aromatic heterocycles. The molecule has 0 bridgehead atoms. The van der Waals surface area contributed by atoms with Crippen LogP contribution in [0.15, 0.2) is 58.3 Å². The molecular formula is C98H182MgO6S2. The number of hydrogen-bond acceptors (Lipinski definition) is 6. The van der Waals surface area contributed by atoms with E-state index in [4.69, 9.17) is 0 Å². The van der Waals surface area contributed by atoms with Gasteiger partial charge in [-0.1, -0.05) is 552 Å². The third kappa shape index (κ3) is 81.4. The molecule has 107 heavy (non-hydrogen) atoms. The summed E-state index contributed by atoms with van der Waals surface area (Å²) in [5.41, 5.74) is 1.90. The van der Waals surface area contributed by atoms with Crippen LogP contribution in [0.1, 0.15) is 551 Å². The molecule has 0 fully saturated rings. The Morgan fingerprint density at radius 1 is 0.187 bits per heavy atom. The first-order chi connectivity index (χ1) is 52.1. The van der Waals surface area contributed by atoms with Gasteiger partial charge in [0.25, 0.3) is 0 Å². The minimum Gasteiger partial charge on any atom is -0.744 e. The second kappa shape index (κ2) is 85.9. The maximum Gasteiger partial charge on any atom is 2.00 e. The summed E-state index contributed by atoms with van der Waals surface area (Å²) >= 11 is 0. The Hall–Kier alpha value is -0.974. The molecule has 2 aromatic carbocycles. The van der Waals surface area contributed by atoms with Crippen LogP contribution in [-0.4, -0.2) is 49.0 Å². The van der Waals surface area contributed by atoms with Gasteiger partial charge in [-0.15, -0.1) is 0 Å². The van der Waals surface area contributed by atoms with Crippen LogP contribution in [0.3, 0.4) is 0 Å². The zero-order chi connectivity index (χ0) is 76.4. The molecular weight excluding hydrogens is 1360 g/mol. The van der Waals surface area contributed by atoms with E-state index in [9.17, 15) is 25.9 Å². The minimum absolute atomic E-state index is 0. The summed E-state index contributed by atoms with van der Waals surface area (Å²) in [5.74, 6) is 0. The molecule has 0 aliphatic rings. The van der Waals surface area contributed by atoms with Crippen LogP contribution >= 0.6 is 0 Å². The molecule has 0 N–H and O–H groups in total. The van der Waals surface area contributed by atoms with Crippen molar-refractivity contribution in [1.82, 2.24) is 0 Å². The van der Waals surface area contributed by atoms with Crippen molar-refractivity contribution >= 4 is 43.3 Å². The van der Waals surface area contributed by atoms with Crippen molar-refractivity contribution in [1.29, 1.82) is 0 Å². The summed E-state index contributed by atoms with van der Waals surface area (Å²) in [6.07, 6.45) is 119. The number of aryl methyl sites for hydroxylation is 2. The van der Waals surface area contributed by atoms with Crippen LogP contribution in [0.5, 0.6) is 0 Å². The summed E-state index contributed by atoms with van der Waals surface area (Å²) in [6.45, 7) is 4.61. The van der Waals surface area contributed by atoms with E-state index in [1.54, 1.807) is 12.1 Å². The van der Waals surface area contributed by atoms with Crippen LogP contribution in [0.2, 0.25) is 0 Å². The summed E-state index contributed by atoms with van der Waals surface area (Å²) in [4.78, 5) is -0.209. The number of benzene rings is 2. The first-order valence-corrected chi connectivity index (χ1v) is 51.0. The topological polar surface area (TPSA) is 114 Å². The molecule has 0 saturated carbocycles. The predicted octanol–water partition coefficient (Wildman–Crippen LogP) is 33.9. The molecule has 0 heterocycles. The van der Waals surface area contributed by atoms with Gasteiger partial charge in [0.05, 0.1) is 9.79 Å². The maximum absolute atomic E-state index is 11.2. The molecule has 0 radical (unpaired) electrons. The quantitative estimate of drug-likeness (QED) is 0.0370. The molecule has 0 saturated heterocycles. The van der Waals surface area contributed by atoms with E-state index in [1.165, 1.54) is 538 Å². The molecule has 2 rings (SSSR count). The SMILES string of the molecule is CCCCCCCCCCCCCCCCCCCCCCCCCCCCCCCCCCCCCCCCCCCc1cccc(S(=O)(=O)[O-])c1.CCCCCCCCCCCCCCCCCCCCCCCCCCCCCCCCCCCCCCCCCCCc1cccc(S(=O)(=O)[O-])c1.[Mg+2]. The van der Waals surface area contributed by atoms with Crippen LogP contribution in [0.25, 0.3) is 0 Å². The van der Waals surface area contributed by atoms with Crippen molar-refractivity contribution in [3.8, 4) is 0 Å². The van der Waals surface area contributed by atoms with Crippen molar-refractivity contribution in [2.24, 2.45) is 0 Å². The van der Waals surface area contributed by atoms with E-state index in [-0.39, 0.29) is 32.8 Å². The standard InChI is InChI=1S/2C49H92O3S.Mg/c2*1-2-3-4-5-6-7-8-9-10-11-12-13-14-15-16-17-18-19-20-21-22-23-24-25-26-27-28-29-30-31-32-33-34-35-36-37-38-39-40-41-42-44-48-45-43-46-49(47-48)53(50,51)52;/h2*43,45-47H,2-42,44H2,1H3,(H,50,51,52);/q;;+2/p-2. The fourth-order valence-corrected chi connectivity index (χ4v) is 17.4. The molecule has 0 amide bonds.